The molecule has 5 heteroatoms. The van der Waals surface area contributed by atoms with Crippen LogP contribution >= 0.6 is 11.3 Å². The van der Waals surface area contributed by atoms with Gasteiger partial charge in [-0.3, -0.25) is 4.79 Å². The van der Waals surface area contributed by atoms with Crippen LogP contribution < -0.4 is 5.32 Å². The minimum Gasteiger partial charge on any atom is -0.388 e. The lowest BCUT2D eigenvalue weighted by atomic mass is 10.0. The molecule has 1 aromatic heterocycles. The normalized spacial score (nSPS) is 14.3. The van der Waals surface area contributed by atoms with Crippen LogP contribution in [0.4, 0.5) is 0 Å². The monoisotopic (exact) mass is 271 g/mol. The first kappa shape index (κ1) is 15.1. The summed E-state index contributed by atoms with van der Waals surface area (Å²) in [6, 6.07) is 1.87. The average Bonchev–Trinajstić information content (AvgIpc) is 2.64. The van der Waals surface area contributed by atoms with Gasteiger partial charge in [0.25, 0.3) is 5.91 Å². The van der Waals surface area contributed by atoms with Crippen molar-refractivity contribution in [3.63, 3.8) is 0 Å². The van der Waals surface area contributed by atoms with E-state index in [1.807, 2.05) is 19.9 Å². The fraction of sp³-hybridized carbons (Fsp3) is 0.615. The number of ether oxygens (including phenoxy) is 1. The topological polar surface area (TPSA) is 58.6 Å². The Bertz CT molecular complexity index is 393. The Labute approximate surface area is 112 Å². The van der Waals surface area contributed by atoms with E-state index in [1.54, 1.807) is 14.0 Å². The van der Waals surface area contributed by atoms with Crippen LogP contribution in [0.15, 0.2) is 6.07 Å². The lowest BCUT2D eigenvalue weighted by Gasteiger charge is -2.22. The quantitative estimate of drug-likeness (QED) is 0.830. The van der Waals surface area contributed by atoms with E-state index in [4.69, 9.17) is 4.74 Å². The van der Waals surface area contributed by atoms with Crippen LogP contribution in [0.3, 0.4) is 0 Å². The fourth-order valence-electron chi connectivity index (χ4n) is 1.45. The van der Waals surface area contributed by atoms with Crippen LogP contribution in [-0.2, 0) is 4.74 Å². The summed E-state index contributed by atoms with van der Waals surface area (Å²) >= 11 is 1.47. The molecule has 1 amide bonds. The molecule has 0 radical (unpaired) electrons. The Morgan fingerprint density at radius 2 is 2.22 bits per heavy atom. The smallest absolute Gasteiger partial charge is 0.261 e. The molecule has 0 saturated heterocycles. The van der Waals surface area contributed by atoms with Crippen molar-refractivity contribution in [2.45, 2.75) is 32.8 Å². The Balaban J connectivity index is 2.50. The van der Waals surface area contributed by atoms with E-state index in [0.717, 1.165) is 10.4 Å². The molecule has 1 unspecified atom stereocenters. The van der Waals surface area contributed by atoms with E-state index in [1.165, 1.54) is 11.3 Å². The molecule has 0 saturated carbocycles. The number of aryl methyl sites for hydroxylation is 2. The zero-order valence-corrected chi connectivity index (χ0v) is 12.2. The minimum absolute atomic E-state index is 0.131. The molecular formula is C13H21NO3S. The number of thiophene rings is 1. The summed E-state index contributed by atoms with van der Waals surface area (Å²) in [6.07, 6.45) is 0.492. The van der Waals surface area contributed by atoms with Gasteiger partial charge in [-0.15, -0.1) is 11.3 Å². The molecule has 102 valence electrons. The van der Waals surface area contributed by atoms with Gasteiger partial charge in [0.05, 0.1) is 10.5 Å². The number of hydrogen-bond donors (Lipinski definition) is 2. The van der Waals surface area contributed by atoms with Crippen LogP contribution in [-0.4, -0.2) is 36.9 Å². The van der Waals surface area contributed by atoms with Gasteiger partial charge in [-0.25, -0.2) is 0 Å². The zero-order valence-electron chi connectivity index (χ0n) is 11.4. The molecule has 18 heavy (non-hydrogen) atoms. The maximum absolute atomic E-state index is 11.9. The number of rotatable bonds is 6. The first-order valence-electron chi connectivity index (χ1n) is 5.92. The predicted octanol–water partition coefficient (Wildman–Crippen LogP) is 1.88. The third-order valence-corrected chi connectivity index (χ3v) is 4.02. The lowest BCUT2D eigenvalue weighted by molar-refractivity contribution is 0.0244. The number of aliphatic hydroxyl groups is 1. The number of carbonyl (C=O) groups is 1. The highest BCUT2D eigenvalue weighted by molar-refractivity contribution is 7.14. The van der Waals surface area contributed by atoms with E-state index in [9.17, 15) is 9.90 Å². The third kappa shape index (κ3) is 4.40. The predicted molar refractivity (Wildman–Crippen MR) is 73.2 cm³/mol. The Morgan fingerprint density at radius 1 is 1.56 bits per heavy atom. The van der Waals surface area contributed by atoms with Gasteiger partial charge in [0.1, 0.15) is 0 Å². The molecule has 1 atom stereocenters. The standard InChI is InChI=1S/C13H21NO3S/c1-9-7-11(18-10(9)2)12(15)14-8-13(3,16)5-6-17-4/h7,16H,5-6,8H2,1-4H3,(H,14,15). The molecule has 0 aliphatic rings. The van der Waals surface area contributed by atoms with Gasteiger partial charge in [-0.05, 0) is 32.4 Å². The zero-order chi connectivity index (χ0) is 13.8. The van der Waals surface area contributed by atoms with Crippen LogP contribution in [0.25, 0.3) is 0 Å². The summed E-state index contributed by atoms with van der Waals surface area (Å²) < 4.78 is 4.92. The van der Waals surface area contributed by atoms with Gasteiger partial charge in [0.15, 0.2) is 0 Å². The maximum Gasteiger partial charge on any atom is 0.261 e. The average molecular weight is 271 g/mol. The summed E-state index contributed by atoms with van der Waals surface area (Å²) in [5.74, 6) is -0.131. The minimum atomic E-state index is -0.937. The van der Waals surface area contributed by atoms with Crippen molar-refractivity contribution in [3.05, 3.63) is 21.4 Å². The van der Waals surface area contributed by atoms with Crippen LogP contribution in [0.2, 0.25) is 0 Å². The van der Waals surface area contributed by atoms with Gasteiger partial charge < -0.3 is 15.2 Å². The number of methoxy groups -OCH3 is 1. The van der Waals surface area contributed by atoms with Gasteiger partial charge in [0.2, 0.25) is 0 Å². The van der Waals surface area contributed by atoms with Crippen molar-refractivity contribution in [1.29, 1.82) is 0 Å². The van der Waals surface area contributed by atoms with E-state index in [0.29, 0.717) is 17.9 Å². The number of hydrogen-bond acceptors (Lipinski definition) is 4. The molecule has 0 spiro atoms. The second-order valence-electron chi connectivity index (χ2n) is 4.77. The molecule has 0 fully saturated rings. The second-order valence-corrected chi connectivity index (χ2v) is 6.03. The molecule has 1 aromatic rings. The van der Waals surface area contributed by atoms with Crippen molar-refractivity contribution in [3.8, 4) is 0 Å². The van der Waals surface area contributed by atoms with E-state index < -0.39 is 5.60 Å². The molecule has 1 rings (SSSR count). The summed E-state index contributed by atoms with van der Waals surface area (Å²) in [6.45, 7) is 6.37. The fourth-order valence-corrected chi connectivity index (χ4v) is 2.40. The maximum atomic E-state index is 11.9. The van der Waals surface area contributed by atoms with Crippen LogP contribution in [0.5, 0.6) is 0 Å². The molecule has 4 nitrogen and oxygen atoms in total. The van der Waals surface area contributed by atoms with Gasteiger partial charge >= 0.3 is 0 Å². The summed E-state index contributed by atoms with van der Waals surface area (Å²) in [5.41, 5.74) is 0.184. The molecule has 0 aromatic carbocycles. The molecule has 1 heterocycles. The molecule has 0 aliphatic heterocycles. The Kier molecular flexibility index (Phi) is 5.31. The highest BCUT2D eigenvalue weighted by Gasteiger charge is 2.21. The molecular weight excluding hydrogens is 250 g/mol. The summed E-state index contributed by atoms with van der Waals surface area (Å²) in [5, 5.41) is 12.8. The van der Waals surface area contributed by atoms with Crippen molar-refractivity contribution in [2.75, 3.05) is 20.3 Å². The van der Waals surface area contributed by atoms with E-state index >= 15 is 0 Å². The molecule has 2 N–H and O–H groups in total. The van der Waals surface area contributed by atoms with Gasteiger partial charge in [0, 0.05) is 31.6 Å². The summed E-state index contributed by atoms with van der Waals surface area (Å²) in [4.78, 5) is 13.7. The van der Waals surface area contributed by atoms with Crippen molar-refractivity contribution in [1.82, 2.24) is 5.32 Å². The van der Waals surface area contributed by atoms with Gasteiger partial charge in [-0.1, -0.05) is 0 Å². The number of amides is 1. The van der Waals surface area contributed by atoms with E-state index in [-0.39, 0.29) is 12.5 Å². The van der Waals surface area contributed by atoms with Gasteiger partial charge in [-0.2, -0.15) is 0 Å². The van der Waals surface area contributed by atoms with Crippen molar-refractivity contribution >= 4 is 17.2 Å². The SMILES string of the molecule is COCCC(C)(O)CNC(=O)c1cc(C)c(C)s1. The number of nitrogens with one attached hydrogen (secondary N) is 1. The second kappa shape index (κ2) is 6.31. The summed E-state index contributed by atoms with van der Waals surface area (Å²) in [7, 11) is 1.59. The van der Waals surface area contributed by atoms with Crippen LogP contribution in [0, 0.1) is 13.8 Å². The highest BCUT2D eigenvalue weighted by atomic mass is 32.1. The first-order chi connectivity index (χ1) is 8.35. The lowest BCUT2D eigenvalue weighted by Crippen LogP contribution is -2.41. The molecule has 0 bridgehead atoms. The van der Waals surface area contributed by atoms with Crippen molar-refractivity contribution < 1.29 is 14.6 Å². The number of carbonyl (C=O) groups excluding carboxylic acids is 1. The first-order valence-corrected chi connectivity index (χ1v) is 6.74. The molecule has 0 aliphatic carbocycles. The Hall–Kier alpha value is -0.910. The third-order valence-electron chi connectivity index (χ3n) is 2.86. The van der Waals surface area contributed by atoms with Crippen molar-refractivity contribution in [2.24, 2.45) is 0 Å². The Morgan fingerprint density at radius 3 is 2.72 bits per heavy atom. The van der Waals surface area contributed by atoms with E-state index in [2.05, 4.69) is 5.32 Å². The highest BCUT2D eigenvalue weighted by Crippen LogP contribution is 2.20. The largest absolute Gasteiger partial charge is 0.388 e. The van der Waals surface area contributed by atoms with Crippen LogP contribution in [0.1, 0.15) is 33.5 Å².